The number of allylic oxidation sites excluding steroid dienone is 1. The zero-order chi connectivity index (χ0) is 21.2. The molecule has 0 spiro atoms. The lowest BCUT2D eigenvalue weighted by Gasteiger charge is -2.30. The lowest BCUT2D eigenvalue weighted by Crippen LogP contribution is -2.40. The van der Waals surface area contributed by atoms with E-state index in [0.29, 0.717) is 12.1 Å². The minimum Gasteiger partial charge on any atom is -0.367 e. The number of alkyl halides is 3. The molecule has 10 heteroatoms. The fraction of sp³-hybridized carbons (Fsp3) is 0.471. The Kier molecular flexibility index (Phi) is 6.54. The van der Waals surface area contributed by atoms with Crippen LogP contribution >= 0.6 is 0 Å². The Balaban J connectivity index is 3.50. The van der Waals surface area contributed by atoms with E-state index in [2.05, 4.69) is 10.6 Å². The third-order valence-electron chi connectivity index (χ3n) is 3.85. The maximum atomic E-state index is 13.6. The number of anilines is 1. The van der Waals surface area contributed by atoms with Gasteiger partial charge in [0, 0.05) is 18.0 Å². The molecule has 1 aromatic carbocycles. The highest BCUT2D eigenvalue weighted by Gasteiger charge is 2.32. The first kappa shape index (κ1) is 22.8. The molecule has 0 radical (unpaired) electrons. The van der Waals surface area contributed by atoms with Crippen molar-refractivity contribution in [2.45, 2.75) is 39.9 Å². The molecule has 27 heavy (non-hydrogen) atoms. The highest BCUT2D eigenvalue weighted by Crippen LogP contribution is 2.32. The van der Waals surface area contributed by atoms with E-state index in [0.717, 1.165) is 12.3 Å². The normalized spacial score (nSPS) is 14.8. The summed E-state index contributed by atoms with van der Waals surface area (Å²) in [5, 5.41) is 14.5. The number of halogens is 4. The summed E-state index contributed by atoms with van der Waals surface area (Å²) in [6.07, 6.45) is -3.99. The molecule has 5 nitrogen and oxygen atoms in total. The van der Waals surface area contributed by atoms with E-state index in [1.54, 1.807) is 6.92 Å². The molecule has 0 fully saturated rings. The molecule has 0 aliphatic heterocycles. The Morgan fingerprint density at radius 1 is 1.19 bits per heavy atom. The fourth-order valence-electron chi connectivity index (χ4n) is 1.89. The van der Waals surface area contributed by atoms with Crippen LogP contribution in [0.3, 0.4) is 0 Å². The maximum Gasteiger partial charge on any atom is 0.416 e. The van der Waals surface area contributed by atoms with Crippen molar-refractivity contribution in [2.24, 2.45) is 5.41 Å². The number of benzene rings is 1. The van der Waals surface area contributed by atoms with Gasteiger partial charge in [0.25, 0.3) is 0 Å². The summed E-state index contributed by atoms with van der Waals surface area (Å²) in [5.41, 5.74) is -1.96. The minimum absolute atomic E-state index is 0.318. The highest BCUT2D eigenvalue weighted by atomic mass is 32.2. The summed E-state index contributed by atoms with van der Waals surface area (Å²) in [5.74, 6) is -1.48. The monoisotopic (exact) mass is 407 g/mol. The number of rotatable bonds is 5. The molecule has 0 aliphatic carbocycles. The molecule has 1 unspecified atom stereocenters. The summed E-state index contributed by atoms with van der Waals surface area (Å²) in [7, 11) is -4.00. The van der Waals surface area contributed by atoms with Crippen LogP contribution < -0.4 is 10.6 Å². The van der Waals surface area contributed by atoms with E-state index in [1.165, 1.54) is 6.07 Å². The summed E-state index contributed by atoms with van der Waals surface area (Å²) >= 11 is 0. The van der Waals surface area contributed by atoms with Crippen molar-refractivity contribution in [1.29, 1.82) is 5.26 Å². The second-order valence-electron chi connectivity index (χ2n) is 7.17. The van der Waals surface area contributed by atoms with Gasteiger partial charge in [0.05, 0.1) is 5.56 Å². The Morgan fingerprint density at radius 3 is 2.15 bits per heavy atom. The number of sulfone groups is 1. The van der Waals surface area contributed by atoms with Gasteiger partial charge < -0.3 is 10.6 Å². The first-order chi connectivity index (χ1) is 12.1. The molecule has 0 saturated carbocycles. The van der Waals surface area contributed by atoms with Crippen LogP contribution in [0.4, 0.5) is 23.2 Å². The summed E-state index contributed by atoms with van der Waals surface area (Å²) in [6.45, 7) is 7.25. The molecular weight excluding hydrogens is 386 g/mol. The van der Waals surface area contributed by atoms with Gasteiger partial charge in [0.2, 0.25) is 0 Å². The van der Waals surface area contributed by atoms with Crippen LogP contribution in [0.25, 0.3) is 0 Å². The average Bonchev–Trinajstić information content (AvgIpc) is 2.43. The average molecular weight is 407 g/mol. The second-order valence-corrected chi connectivity index (χ2v) is 9.12. The van der Waals surface area contributed by atoms with Crippen LogP contribution in [0.15, 0.2) is 28.9 Å². The summed E-state index contributed by atoms with van der Waals surface area (Å²) in [6, 6.07) is 2.88. The fourth-order valence-corrected chi connectivity index (χ4v) is 2.53. The van der Waals surface area contributed by atoms with Crippen LogP contribution in [-0.2, 0) is 16.0 Å². The number of nitriles is 1. The molecule has 1 rings (SSSR count). The van der Waals surface area contributed by atoms with Gasteiger partial charge in [-0.1, -0.05) is 20.8 Å². The van der Waals surface area contributed by atoms with Crippen molar-refractivity contribution in [3.05, 3.63) is 40.3 Å². The number of hydrogen-bond donors (Lipinski definition) is 2. The van der Waals surface area contributed by atoms with Crippen LogP contribution in [0, 0.1) is 22.6 Å². The molecule has 0 aromatic heterocycles. The zero-order valence-electron chi connectivity index (χ0n) is 15.5. The molecule has 0 heterocycles. The first-order valence-electron chi connectivity index (χ1n) is 7.81. The standard InChI is InChI=1S/C17H21F4N3O2S/c1-10(16(2,3)4)23-15(14(9-22)27(5,25)26)24-13-7-11(17(19,20)21)6-12(18)8-13/h6-8,10,23-24H,1-5H3. The third-order valence-corrected chi connectivity index (χ3v) is 4.89. The van der Waals surface area contributed by atoms with E-state index < -0.39 is 32.3 Å². The molecule has 2 N–H and O–H groups in total. The molecule has 150 valence electrons. The largest absolute Gasteiger partial charge is 0.416 e. The molecule has 0 aliphatic rings. The maximum absolute atomic E-state index is 13.6. The van der Waals surface area contributed by atoms with Crippen molar-refractivity contribution >= 4 is 15.5 Å². The second kappa shape index (κ2) is 7.76. The molecule has 0 bridgehead atoms. The summed E-state index contributed by atoms with van der Waals surface area (Å²) in [4.78, 5) is -0.698. The van der Waals surface area contributed by atoms with Crippen molar-refractivity contribution in [1.82, 2.24) is 5.32 Å². The Bertz CT molecular complexity index is 879. The molecule has 1 aromatic rings. The van der Waals surface area contributed by atoms with Crippen LogP contribution in [0.1, 0.15) is 33.3 Å². The van der Waals surface area contributed by atoms with Crippen molar-refractivity contribution in [3.63, 3.8) is 0 Å². The van der Waals surface area contributed by atoms with Gasteiger partial charge in [-0.2, -0.15) is 18.4 Å². The van der Waals surface area contributed by atoms with Gasteiger partial charge in [-0.25, -0.2) is 12.8 Å². The summed E-state index contributed by atoms with van der Waals surface area (Å²) < 4.78 is 76.1. The Hall–Kier alpha value is -2.28. The number of hydrogen-bond acceptors (Lipinski definition) is 5. The topological polar surface area (TPSA) is 82.0 Å². The SMILES string of the molecule is CC(NC(Nc1cc(F)cc(C(F)(F)F)c1)=C(C#N)S(C)(=O)=O)C(C)(C)C. The van der Waals surface area contributed by atoms with Gasteiger partial charge >= 0.3 is 6.18 Å². The van der Waals surface area contributed by atoms with E-state index >= 15 is 0 Å². The van der Waals surface area contributed by atoms with E-state index in [1.807, 2.05) is 20.8 Å². The van der Waals surface area contributed by atoms with E-state index in [-0.39, 0.29) is 23.0 Å². The van der Waals surface area contributed by atoms with Gasteiger partial charge in [0.1, 0.15) is 17.7 Å². The molecular formula is C17H21F4N3O2S. The number of nitrogens with one attached hydrogen (secondary N) is 2. The Morgan fingerprint density at radius 2 is 1.74 bits per heavy atom. The lowest BCUT2D eigenvalue weighted by molar-refractivity contribution is -0.137. The molecule has 0 saturated heterocycles. The van der Waals surface area contributed by atoms with Crippen molar-refractivity contribution in [2.75, 3.05) is 11.6 Å². The first-order valence-corrected chi connectivity index (χ1v) is 9.70. The predicted molar refractivity (Wildman–Crippen MR) is 94.6 cm³/mol. The zero-order valence-corrected chi connectivity index (χ0v) is 16.3. The van der Waals surface area contributed by atoms with Gasteiger partial charge in [-0.05, 0) is 30.5 Å². The van der Waals surface area contributed by atoms with E-state index in [4.69, 9.17) is 0 Å². The predicted octanol–water partition coefficient (Wildman–Crippen LogP) is 4.02. The number of nitrogens with zero attached hydrogens (tertiary/aromatic N) is 1. The van der Waals surface area contributed by atoms with Crippen LogP contribution in [0.2, 0.25) is 0 Å². The Labute approximate surface area is 156 Å². The minimum atomic E-state index is -4.79. The van der Waals surface area contributed by atoms with Gasteiger partial charge in [0.15, 0.2) is 14.7 Å². The van der Waals surface area contributed by atoms with E-state index in [9.17, 15) is 31.2 Å². The van der Waals surface area contributed by atoms with Crippen molar-refractivity contribution < 1.29 is 26.0 Å². The third kappa shape index (κ3) is 6.43. The van der Waals surface area contributed by atoms with Crippen LogP contribution in [-0.4, -0.2) is 20.7 Å². The quantitative estimate of drug-likeness (QED) is 0.569. The molecule has 0 amide bonds. The lowest BCUT2D eigenvalue weighted by atomic mass is 9.88. The van der Waals surface area contributed by atoms with Gasteiger partial charge in [-0.3, -0.25) is 0 Å². The van der Waals surface area contributed by atoms with Crippen molar-refractivity contribution in [3.8, 4) is 6.07 Å². The van der Waals surface area contributed by atoms with Gasteiger partial charge in [-0.15, -0.1) is 0 Å². The smallest absolute Gasteiger partial charge is 0.367 e. The van der Waals surface area contributed by atoms with Crippen LogP contribution in [0.5, 0.6) is 0 Å². The highest BCUT2D eigenvalue weighted by molar-refractivity contribution is 7.94. The molecule has 1 atom stereocenters.